The molecule has 160 valence electrons. The number of nitrogen functional groups attached to an aromatic ring is 1. The van der Waals surface area contributed by atoms with E-state index in [0.29, 0.717) is 13.1 Å². The molecule has 0 amide bonds. The van der Waals surface area contributed by atoms with E-state index in [1.807, 2.05) is 4.90 Å². The Labute approximate surface area is 172 Å². The molecule has 8 nitrogen and oxygen atoms in total. The maximum atomic E-state index is 15.6. The minimum atomic E-state index is -0.704. The molecule has 3 atom stereocenters. The first kappa shape index (κ1) is 19.2. The summed E-state index contributed by atoms with van der Waals surface area (Å²) >= 11 is 0. The van der Waals surface area contributed by atoms with Crippen molar-refractivity contribution in [3.8, 4) is 5.75 Å². The third-order valence-corrected chi connectivity index (χ3v) is 6.73. The van der Waals surface area contributed by atoms with Crippen molar-refractivity contribution in [2.24, 2.45) is 17.6 Å². The number of aromatic nitrogens is 2. The van der Waals surface area contributed by atoms with E-state index in [-0.39, 0.29) is 51.9 Å². The van der Waals surface area contributed by atoms with E-state index < -0.39 is 17.1 Å². The highest BCUT2D eigenvalue weighted by Crippen LogP contribution is 2.46. The summed E-state index contributed by atoms with van der Waals surface area (Å²) < 4.78 is 22.7. The number of halogens is 1. The lowest BCUT2D eigenvalue weighted by molar-refractivity contribution is 0.392. The Morgan fingerprint density at radius 3 is 2.70 bits per heavy atom. The normalized spacial score (nSPS) is 26.1. The Bertz CT molecular complexity index is 1170. The van der Waals surface area contributed by atoms with Crippen molar-refractivity contribution < 1.29 is 9.13 Å². The number of H-pyrrole nitrogens is 1. The lowest BCUT2D eigenvalue weighted by Gasteiger charge is -2.26. The summed E-state index contributed by atoms with van der Waals surface area (Å²) in [6.45, 7) is 1.13. The van der Waals surface area contributed by atoms with E-state index in [1.54, 1.807) is 0 Å². The van der Waals surface area contributed by atoms with Crippen molar-refractivity contribution >= 4 is 22.3 Å². The van der Waals surface area contributed by atoms with Crippen LogP contribution in [0.15, 0.2) is 21.7 Å². The number of benzene rings is 1. The summed E-state index contributed by atoms with van der Waals surface area (Å²) in [5.74, 6) is -0.122. The van der Waals surface area contributed by atoms with Gasteiger partial charge in [0.05, 0.1) is 18.2 Å². The van der Waals surface area contributed by atoms with E-state index >= 15 is 4.39 Å². The number of aromatic amines is 1. The van der Waals surface area contributed by atoms with Gasteiger partial charge in [0.15, 0.2) is 11.6 Å². The Morgan fingerprint density at radius 1 is 1.23 bits per heavy atom. The van der Waals surface area contributed by atoms with Crippen molar-refractivity contribution in [1.82, 2.24) is 9.55 Å². The van der Waals surface area contributed by atoms with Crippen molar-refractivity contribution in [2.75, 3.05) is 30.8 Å². The average molecular weight is 415 g/mol. The zero-order valence-electron chi connectivity index (χ0n) is 16.9. The first-order valence-electron chi connectivity index (χ1n) is 10.4. The van der Waals surface area contributed by atoms with Crippen molar-refractivity contribution in [2.45, 2.75) is 37.8 Å². The molecule has 2 heterocycles. The Hall–Kier alpha value is -2.81. The second kappa shape index (κ2) is 6.87. The van der Waals surface area contributed by atoms with Crippen LogP contribution in [0, 0.1) is 17.7 Å². The molecule has 0 radical (unpaired) electrons. The van der Waals surface area contributed by atoms with Crippen molar-refractivity contribution in [1.29, 1.82) is 0 Å². The van der Waals surface area contributed by atoms with Gasteiger partial charge in [0.2, 0.25) is 0 Å². The number of anilines is 2. The van der Waals surface area contributed by atoms with E-state index in [0.717, 1.165) is 25.7 Å². The fourth-order valence-corrected chi connectivity index (χ4v) is 5.10. The number of nitrogens with zero attached hydrogens (tertiary/aromatic N) is 2. The van der Waals surface area contributed by atoms with Gasteiger partial charge in [-0.1, -0.05) is 12.2 Å². The molecular weight excluding hydrogens is 389 g/mol. The first-order chi connectivity index (χ1) is 14.4. The third-order valence-electron chi connectivity index (χ3n) is 6.73. The molecule has 0 spiro atoms. The Kier molecular flexibility index (Phi) is 4.39. The summed E-state index contributed by atoms with van der Waals surface area (Å²) in [6, 6.07) is -0.0289. The van der Waals surface area contributed by atoms with Crippen LogP contribution in [0.3, 0.4) is 0 Å². The summed E-state index contributed by atoms with van der Waals surface area (Å²) in [6.07, 6.45) is 7.76. The largest absolute Gasteiger partial charge is 0.492 e. The smallest absolute Gasteiger partial charge is 0.329 e. The Balaban J connectivity index is 1.75. The van der Waals surface area contributed by atoms with Gasteiger partial charge in [-0.15, -0.1) is 0 Å². The molecule has 30 heavy (non-hydrogen) atoms. The van der Waals surface area contributed by atoms with Gasteiger partial charge in [0.25, 0.3) is 5.56 Å². The SMILES string of the molecule is COc1c(N2CC3C=CCCC(N)C3C2)c(F)c(N)c2c(=O)[nH]c(=O)n(C3CC3)c12. The highest BCUT2D eigenvalue weighted by molar-refractivity contribution is 5.99. The fourth-order valence-electron chi connectivity index (χ4n) is 5.10. The number of hydrogen-bond acceptors (Lipinski definition) is 6. The number of hydrogen-bond donors (Lipinski definition) is 3. The van der Waals surface area contributed by atoms with Crippen LogP contribution in [0.4, 0.5) is 15.8 Å². The van der Waals surface area contributed by atoms with Crippen LogP contribution in [0.25, 0.3) is 10.9 Å². The van der Waals surface area contributed by atoms with Crippen LogP contribution < -0.4 is 32.4 Å². The lowest BCUT2D eigenvalue weighted by Crippen LogP contribution is -2.34. The molecule has 1 aliphatic heterocycles. The number of nitrogens with two attached hydrogens (primary N) is 2. The monoisotopic (exact) mass is 415 g/mol. The molecule has 1 saturated heterocycles. The first-order valence-corrected chi connectivity index (χ1v) is 10.4. The van der Waals surface area contributed by atoms with Gasteiger partial charge in [-0.05, 0) is 31.6 Å². The minimum absolute atomic E-state index is 0.0225. The molecule has 5 rings (SSSR count). The molecule has 1 aromatic carbocycles. The topological polar surface area (TPSA) is 119 Å². The van der Waals surface area contributed by atoms with E-state index in [2.05, 4.69) is 17.1 Å². The predicted molar refractivity (Wildman–Crippen MR) is 114 cm³/mol. The summed E-state index contributed by atoms with van der Waals surface area (Å²) in [4.78, 5) is 29.3. The molecule has 3 unspecified atom stereocenters. The standard InChI is InChI=1S/C21H26FN5O3/c1-30-19-17-14(20(28)25-21(29)27(17)11-6-7-11)16(24)15(22)18(19)26-8-10-4-2-3-5-13(23)12(10)9-26/h2,4,10-13H,3,5-9,23-24H2,1H3,(H,25,28,29). The van der Waals surface area contributed by atoms with Crippen LogP contribution in [0.5, 0.6) is 5.75 Å². The van der Waals surface area contributed by atoms with Gasteiger partial charge in [-0.2, -0.15) is 0 Å². The maximum absolute atomic E-state index is 15.6. The molecule has 2 fully saturated rings. The lowest BCUT2D eigenvalue weighted by atomic mass is 9.89. The maximum Gasteiger partial charge on any atom is 0.329 e. The van der Waals surface area contributed by atoms with Crippen LogP contribution >= 0.6 is 0 Å². The zero-order chi connectivity index (χ0) is 21.2. The van der Waals surface area contributed by atoms with Gasteiger partial charge in [-0.25, -0.2) is 9.18 Å². The highest BCUT2D eigenvalue weighted by Gasteiger charge is 2.40. The Morgan fingerprint density at radius 2 is 2.00 bits per heavy atom. The van der Waals surface area contributed by atoms with Crippen LogP contribution in [-0.2, 0) is 0 Å². The summed E-state index contributed by atoms with van der Waals surface area (Å²) in [5.41, 5.74) is 11.5. The zero-order valence-corrected chi connectivity index (χ0v) is 16.9. The highest BCUT2D eigenvalue weighted by atomic mass is 19.1. The number of ether oxygens (including phenoxy) is 1. The van der Waals surface area contributed by atoms with Crippen LogP contribution in [0.2, 0.25) is 0 Å². The van der Waals surface area contributed by atoms with Crippen LogP contribution in [0.1, 0.15) is 31.7 Å². The number of allylic oxidation sites excluding steroid dienone is 1. The van der Waals surface area contributed by atoms with E-state index in [9.17, 15) is 9.59 Å². The summed E-state index contributed by atoms with van der Waals surface area (Å²) in [7, 11) is 1.43. The van der Waals surface area contributed by atoms with Gasteiger partial charge < -0.3 is 21.1 Å². The molecular formula is C21H26FN5O3. The quantitative estimate of drug-likeness (QED) is 0.516. The van der Waals surface area contributed by atoms with Gasteiger partial charge in [-0.3, -0.25) is 14.3 Å². The van der Waals surface area contributed by atoms with Crippen LogP contribution in [-0.4, -0.2) is 35.8 Å². The molecule has 9 heteroatoms. The average Bonchev–Trinajstić information content (AvgIpc) is 3.48. The molecule has 0 bridgehead atoms. The molecule has 2 aromatic rings. The fraction of sp³-hybridized carbons (Fsp3) is 0.524. The van der Waals surface area contributed by atoms with Gasteiger partial charge in [0, 0.05) is 31.1 Å². The number of fused-ring (bicyclic) bond motifs is 2. The number of methoxy groups -OCH3 is 1. The predicted octanol–water partition coefficient (Wildman–Crippen LogP) is 1.48. The molecule has 1 aromatic heterocycles. The molecule has 1 saturated carbocycles. The summed E-state index contributed by atoms with van der Waals surface area (Å²) in [5, 5.41) is -0.0374. The van der Waals surface area contributed by atoms with Gasteiger partial charge in [0.1, 0.15) is 11.2 Å². The molecule has 3 aliphatic rings. The molecule has 2 aliphatic carbocycles. The number of nitrogens with one attached hydrogen (secondary N) is 1. The minimum Gasteiger partial charge on any atom is -0.492 e. The number of rotatable bonds is 3. The van der Waals surface area contributed by atoms with Crippen molar-refractivity contribution in [3.05, 3.63) is 38.8 Å². The molecule has 5 N–H and O–H groups in total. The van der Waals surface area contributed by atoms with Crippen molar-refractivity contribution in [3.63, 3.8) is 0 Å². The van der Waals surface area contributed by atoms with E-state index in [1.165, 1.54) is 11.7 Å². The second-order valence-electron chi connectivity index (χ2n) is 8.60. The van der Waals surface area contributed by atoms with Gasteiger partial charge >= 0.3 is 5.69 Å². The second-order valence-corrected chi connectivity index (χ2v) is 8.60. The van der Waals surface area contributed by atoms with E-state index in [4.69, 9.17) is 16.2 Å². The third kappa shape index (κ3) is 2.75.